The van der Waals surface area contributed by atoms with Gasteiger partial charge < -0.3 is 0 Å². The Morgan fingerprint density at radius 1 is 1.05 bits per heavy atom. The highest BCUT2D eigenvalue weighted by atomic mass is 14.7. The van der Waals surface area contributed by atoms with Gasteiger partial charge in [-0.05, 0) is 68.6 Å². The van der Waals surface area contributed by atoms with Crippen LogP contribution < -0.4 is 0 Å². The number of nitrogens with zero attached hydrogens (tertiary/aromatic N) is 1. The number of rotatable bonds is 2. The molecule has 1 aromatic heterocycles. The van der Waals surface area contributed by atoms with Crippen molar-refractivity contribution in [2.45, 2.75) is 64.7 Å². The lowest BCUT2D eigenvalue weighted by atomic mass is 9.87. The second-order valence-electron chi connectivity index (χ2n) is 6.26. The maximum atomic E-state index is 4.91. The fourth-order valence-electron chi connectivity index (χ4n) is 3.54. The third-order valence-electron chi connectivity index (χ3n) is 4.72. The molecule has 0 spiro atoms. The van der Waals surface area contributed by atoms with E-state index in [-0.39, 0.29) is 0 Å². The van der Waals surface area contributed by atoms with Crippen LogP contribution in [0.5, 0.6) is 0 Å². The molecule has 2 aliphatic carbocycles. The number of fused-ring (bicyclic) bond motifs is 1. The molecule has 19 heavy (non-hydrogen) atoms. The first-order chi connectivity index (χ1) is 9.33. The van der Waals surface area contributed by atoms with Gasteiger partial charge in [0, 0.05) is 5.69 Å². The minimum Gasteiger partial charge on any atom is -0.253 e. The number of aryl methyl sites for hydroxylation is 2. The van der Waals surface area contributed by atoms with E-state index in [1.54, 1.807) is 0 Å². The second kappa shape index (κ2) is 5.90. The van der Waals surface area contributed by atoms with Crippen molar-refractivity contribution in [2.75, 3.05) is 0 Å². The van der Waals surface area contributed by atoms with Crippen LogP contribution in [-0.4, -0.2) is 4.98 Å². The molecule has 102 valence electrons. The first kappa shape index (κ1) is 12.9. The lowest BCUT2D eigenvalue weighted by Crippen LogP contribution is -2.07. The summed E-state index contributed by atoms with van der Waals surface area (Å²) in [7, 11) is 0. The van der Waals surface area contributed by atoms with Gasteiger partial charge in [0.2, 0.25) is 0 Å². The summed E-state index contributed by atoms with van der Waals surface area (Å²) in [6.07, 6.45) is 14.5. The van der Waals surface area contributed by atoms with Gasteiger partial charge in [0.1, 0.15) is 0 Å². The topological polar surface area (TPSA) is 12.9 Å². The van der Waals surface area contributed by atoms with Gasteiger partial charge in [-0.2, -0.15) is 0 Å². The summed E-state index contributed by atoms with van der Waals surface area (Å²) >= 11 is 0. The Balaban J connectivity index is 1.78. The minimum absolute atomic E-state index is 0.798. The number of hydrogen-bond acceptors (Lipinski definition) is 1. The van der Waals surface area contributed by atoms with Crippen molar-refractivity contribution >= 4 is 5.57 Å². The van der Waals surface area contributed by atoms with Gasteiger partial charge in [-0.3, -0.25) is 4.98 Å². The van der Waals surface area contributed by atoms with Gasteiger partial charge in [0.05, 0.1) is 5.69 Å². The zero-order valence-corrected chi connectivity index (χ0v) is 12.1. The Morgan fingerprint density at radius 3 is 2.68 bits per heavy atom. The van der Waals surface area contributed by atoms with Gasteiger partial charge in [-0.15, -0.1) is 0 Å². The smallest absolute Gasteiger partial charge is 0.0659 e. The molecule has 0 saturated heterocycles. The molecule has 0 atom stereocenters. The molecule has 3 rings (SSSR count). The predicted molar refractivity (Wildman–Crippen MR) is 81.1 cm³/mol. The number of aromatic nitrogens is 1. The first-order valence-electron chi connectivity index (χ1n) is 8.00. The van der Waals surface area contributed by atoms with E-state index < -0.39 is 0 Å². The first-order valence-corrected chi connectivity index (χ1v) is 8.00. The maximum absolute atomic E-state index is 4.91. The molecule has 2 aliphatic rings. The van der Waals surface area contributed by atoms with Gasteiger partial charge in [0.15, 0.2) is 0 Å². The van der Waals surface area contributed by atoms with Crippen LogP contribution in [0.3, 0.4) is 0 Å². The van der Waals surface area contributed by atoms with Crippen molar-refractivity contribution in [3.05, 3.63) is 35.2 Å². The molecule has 0 N–H and O–H groups in total. The second-order valence-corrected chi connectivity index (χ2v) is 6.26. The van der Waals surface area contributed by atoms with Crippen LogP contribution in [0.25, 0.3) is 5.57 Å². The van der Waals surface area contributed by atoms with Crippen LogP contribution >= 0.6 is 0 Å². The number of allylic oxidation sites excluding steroid dienone is 2. The van der Waals surface area contributed by atoms with Crippen LogP contribution in [0.4, 0.5) is 0 Å². The van der Waals surface area contributed by atoms with E-state index in [4.69, 9.17) is 4.98 Å². The lowest BCUT2D eigenvalue weighted by Gasteiger charge is -2.20. The zero-order valence-electron chi connectivity index (χ0n) is 12.1. The van der Waals surface area contributed by atoms with Crippen LogP contribution in [0.1, 0.15) is 68.8 Å². The molecular formula is C18H25N. The molecule has 0 radical (unpaired) electrons. The molecule has 1 fully saturated rings. The third-order valence-corrected chi connectivity index (χ3v) is 4.72. The Kier molecular flexibility index (Phi) is 4.00. The lowest BCUT2D eigenvalue weighted by molar-refractivity contribution is 0.420. The molecule has 1 heterocycles. The van der Waals surface area contributed by atoms with Crippen molar-refractivity contribution in [2.24, 2.45) is 5.92 Å². The van der Waals surface area contributed by atoms with E-state index >= 15 is 0 Å². The van der Waals surface area contributed by atoms with Gasteiger partial charge in [-0.1, -0.05) is 31.4 Å². The molecule has 1 heteroatoms. The van der Waals surface area contributed by atoms with Crippen molar-refractivity contribution in [3.63, 3.8) is 0 Å². The van der Waals surface area contributed by atoms with Crippen molar-refractivity contribution in [1.29, 1.82) is 0 Å². The molecule has 0 amide bonds. The Labute approximate surface area is 117 Å². The van der Waals surface area contributed by atoms with Gasteiger partial charge in [-0.25, -0.2) is 0 Å². The molecule has 1 saturated carbocycles. The number of hydrogen-bond donors (Lipinski definition) is 0. The molecule has 0 aromatic carbocycles. The fraction of sp³-hybridized carbons (Fsp3) is 0.611. The summed E-state index contributed by atoms with van der Waals surface area (Å²) in [5.74, 6) is 0.798. The monoisotopic (exact) mass is 255 g/mol. The van der Waals surface area contributed by atoms with Crippen LogP contribution in [-0.2, 0) is 12.8 Å². The Morgan fingerprint density at radius 2 is 1.84 bits per heavy atom. The zero-order chi connectivity index (χ0) is 13.1. The largest absolute Gasteiger partial charge is 0.253 e. The quantitative estimate of drug-likeness (QED) is 0.729. The summed E-state index contributed by atoms with van der Waals surface area (Å²) < 4.78 is 0. The Hall–Kier alpha value is -1.11. The average molecular weight is 255 g/mol. The van der Waals surface area contributed by atoms with Gasteiger partial charge >= 0.3 is 0 Å². The summed E-state index contributed by atoms with van der Waals surface area (Å²) in [4.78, 5) is 4.91. The SMILES string of the molecule is C/C(=C/C1CCCCC1)c1ccc2c(n1)CCCC2. The summed E-state index contributed by atoms with van der Waals surface area (Å²) in [5.41, 5.74) is 5.45. The Bertz CT molecular complexity index is 467. The highest BCUT2D eigenvalue weighted by Gasteiger charge is 2.14. The van der Waals surface area contributed by atoms with Crippen molar-refractivity contribution < 1.29 is 0 Å². The van der Waals surface area contributed by atoms with Crippen molar-refractivity contribution in [1.82, 2.24) is 4.98 Å². The summed E-state index contributed by atoms with van der Waals surface area (Å²) in [6.45, 7) is 2.24. The predicted octanol–water partition coefficient (Wildman–Crippen LogP) is 4.94. The fourth-order valence-corrected chi connectivity index (χ4v) is 3.54. The van der Waals surface area contributed by atoms with E-state index in [9.17, 15) is 0 Å². The molecule has 1 aromatic rings. The maximum Gasteiger partial charge on any atom is 0.0659 e. The van der Waals surface area contributed by atoms with Crippen LogP contribution in [0.2, 0.25) is 0 Å². The van der Waals surface area contributed by atoms with E-state index in [0.717, 1.165) is 5.92 Å². The van der Waals surface area contributed by atoms with E-state index in [2.05, 4.69) is 25.1 Å². The van der Waals surface area contributed by atoms with E-state index in [0.29, 0.717) is 0 Å². The van der Waals surface area contributed by atoms with Crippen LogP contribution in [0.15, 0.2) is 18.2 Å². The average Bonchev–Trinajstić information content (AvgIpc) is 2.48. The number of pyridine rings is 1. The molecule has 0 aliphatic heterocycles. The highest BCUT2D eigenvalue weighted by Crippen LogP contribution is 2.28. The molecule has 1 nitrogen and oxygen atoms in total. The highest BCUT2D eigenvalue weighted by molar-refractivity contribution is 5.61. The minimum atomic E-state index is 0.798. The molecule has 0 unspecified atom stereocenters. The summed E-state index contributed by atoms with van der Waals surface area (Å²) in [6, 6.07) is 4.55. The normalized spacial score (nSPS) is 21.2. The van der Waals surface area contributed by atoms with E-state index in [1.165, 1.54) is 80.3 Å². The van der Waals surface area contributed by atoms with E-state index in [1.807, 2.05) is 0 Å². The van der Waals surface area contributed by atoms with Crippen molar-refractivity contribution in [3.8, 4) is 0 Å². The standard InChI is InChI=1S/C18H25N/c1-14(13-15-7-3-2-4-8-15)17-12-11-16-9-5-6-10-18(16)19-17/h11-13,15H,2-10H2,1H3/b14-13-. The van der Waals surface area contributed by atoms with Gasteiger partial charge in [0.25, 0.3) is 0 Å². The summed E-state index contributed by atoms with van der Waals surface area (Å²) in [5, 5.41) is 0. The molecular weight excluding hydrogens is 230 g/mol. The van der Waals surface area contributed by atoms with Crippen LogP contribution in [0, 0.1) is 5.92 Å². The molecule has 0 bridgehead atoms. The third kappa shape index (κ3) is 3.08.